The second kappa shape index (κ2) is 9.69. The van der Waals surface area contributed by atoms with Crippen LogP contribution in [0.25, 0.3) is 0 Å². The second-order valence-electron chi connectivity index (χ2n) is 7.02. The molecule has 5 nitrogen and oxygen atoms in total. The van der Waals surface area contributed by atoms with Crippen LogP contribution >= 0.6 is 11.8 Å². The Morgan fingerprint density at radius 3 is 2.41 bits per heavy atom. The summed E-state index contributed by atoms with van der Waals surface area (Å²) in [6.45, 7) is 5.76. The zero-order valence-corrected chi connectivity index (χ0v) is 17.4. The summed E-state index contributed by atoms with van der Waals surface area (Å²) < 4.78 is 18.8. The molecule has 2 aromatic carbocycles. The normalized spacial score (nSPS) is 14.2. The van der Waals surface area contributed by atoms with Crippen LogP contribution in [0.4, 0.5) is 4.39 Å². The number of nitrogens with zero attached hydrogens (tertiary/aromatic N) is 2. The molecule has 1 aromatic heterocycles. The van der Waals surface area contributed by atoms with Crippen molar-refractivity contribution in [2.75, 3.05) is 0 Å². The van der Waals surface area contributed by atoms with Crippen LogP contribution in [-0.2, 0) is 11.2 Å². The predicted molar refractivity (Wildman–Crippen MR) is 111 cm³/mol. The van der Waals surface area contributed by atoms with Crippen LogP contribution in [0.2, 0.25) is 0 Å². The number of aromatic nitrogens is 2. The van der Waals surface area contributed by atoms with Gasteiger partial charge in [0.05, 0.1) is 11.3 Å². The van der Waals surface area contributed by atoms with Crippen molar-refractivity contribution < 1.29 is 13.6 Å². The van der Waals surface area contributed by atoms with Crippen molar-refractivity contribution >= 4 is 17.7 Å². The van der Waals surface area contributed by atoms with Gasteiger partial charge in [0.25, 0.3) is 5.22 Å². The number of hydrogen-bond acceptors (Lipinski definition) is 5. The van der Waals surface area contributed by atoms with Crippen LogP contribution in [-0.4, -0.2) is 21.4 Å². The van der Waals surface area contributed by atoms with Crippen molar-refractivity contribution in [2.24, 2.45) is 0 Å². The maximum Gasteiger partial charge on any atom is 0.277 e. The van der Waals surface area contributed by atoms with Gasteiger partial charge in [-0.1, -0.05) is 61.2 Å². The third kappa shape index (κ3) is 5.90. The van der Waals surface area contributed by atoms with E-state index in [1.807, 2.05) is 25.1 Å². The Hall–Kier alpha value is -2.67. The summed E-state index contributed by atoms with van der Waals surface area (Å²) in [6.07, 6.45) is 0.639. The molecule has 3 rings (SSSR count). The molecule has 0 spiro atoms. The standard InChI is InChI=1S/C22H24FN3O2S/c1-14(17-7-5-4-6-8-17)13-20-25-26-22(28-20)29-16(3)21(27)24-15(2)18-9-11-19(23)12-10-18/h4-12,14-16H,13H2,1-3H3,(H,24,27). The first-order valence-electron chi connectivity index (χ1n) is 9.52. The van der Waals surface area contributed by atoms with Crippen LogP contribution < -0.4 is 5.32 Å². The van der Waals surface area contributed by atoms with Crippen molar-refractivity contribution in [3.63, 3.8) is 0 Å². The van der Waals surface area contributed by atoms with Crippen molar-refractivity contribution in [3.05, 3.63) is 77.4 Å². The molecule has 0 saturated carbocycles. The fourth-order valence-electron chi connectivity index (χ4n) is 2.90. The van der Waals surface area contributed by atoms with Crippen molar-refractivity contribution in [3.8, 4) is 0 Å². The molecule has 1 heterocycles. The zero-order chi connectivity index (χ0) is 20.8. The van der Waals surface area contributed by atoms with Gasteiger partial charge < -0.3 is 9.73 Å². The van der Waals surface area contributed by atoms with Gasteiger partial charge in [-0.25, -0.2) is 4.39 Å². The Labute approximate surface area is 174 Å². The molecule has 0 saturated heterocycles. The lowest BCUT2D eigenvalue weighted by Gasteiger charge is -2.16. The highest BCUT2D eigenvalue weighted by Crippen LogP contribution is 2.25. The molecular weight excluding hydrogens is 389 g/mol. The number of benzene rings is 2. The van der Waals surface area contributed by atoms with Gasteiger partial charge in [0.15, 0.2) is 0 Å². The van der Waals surface area contributed by atoms with Gasteiger partial charge in [0.2, 0.25) is 11.8 Å². The van der Waals surface area contributed by atoms with E-state index in [4.69, 9.17) is 4.42 Å². The highest BCUT2D eigenvalue weighted by molar-refractivity contribution is 8.00. The molecule has 7 heteroatoms. The Morgan fingerprint density at radius 1 is 1.03 bits per heavy atom. The third-order valence-corrected chi connectivity index (χ3v) is 5.61. The van der Waals surface area contributed by atoms with E-state index < -0.39 is 5.25 Å². The fraction of sp³-hybridized carbons (Fsp3) is 0.318. The number of hydrogen-bond donors (Lipinski definition) is 1. The van der Waals surface area contributed by atoms with Crippen LogP contribution in [0.1, 0.15) is 49.7 Å². The average Bonchev–Trinajstić information content (AvgIpc) is 3.15. The van der Waals surface area contributed by atoms with E-state index in [-0.39, 0.29) is 23.7 Å². The van der Waals surface area contributed by atoms with Gasteiger partial charge in [0, 0.05) is 6.42 Å². The van der Waals surface area contributed by atoms with E-state index in [9.17, 15) is 9.18 Å². The number of nitrogens with one attached hydrogen (secondary N) is 1. The molecule has 3 unspecified atom stereocenters. The smallest absolute Gasteiger partial charge is 0.277 e. The highest BCUT2D eigenvalue weighted by atomic mass is 32.2. The lowest BCUT2D eigenvalue weighted by atomic mass is 9.98. The first kappa shape index (κ1) is 21.0. The van der Waals surface area contributed by atoms with Gasteiger partial charge in [-0.15, -0.1) is 10.2 Å². The van der Waals surface area contributed by atoms with Crippen molar-refractivity contribution in [2.45, 2.75) is 49.6 Å². The Morgan fingerprint density at radius 2 is 1.72 bits per heavy atom. The number of amides is 1. The number of carbonyl (C=O) groups excluding carboxylic acids is 1. The van der Waals surface area contributed by atoms with Gasteiger partial charge in [0.1, 0.15) is 5.82 Å². The molecule has 1 amide bonds. The van der Waals surface area contributed by atoms with E-state index >= 15 is 0 Å². The maximum absolute atomic E-state index is 13.0. The summed E-state index contributed by atoms with van der Waals surface area (Å²) in [5.74, 6) is 0.358. The molecule has 29 heavy (non-hydrogen) atoms. The molecule has 152 valence electrons. The number of carbonyl (C=O) groups is 1. The van der Waals surface area contributed by atoms with Gasteiger partial charge in [-0.2, -0.15) is 0 Å². The van der Waals surface area contributed by atoms with Crippen LogP contribution in [0.5, 0.6) is 0 Å². The molecule has 0 aliphatic rings. The summed E-state index contributed by atoms with van der Waals surface area (Å²) in [4.78, 5) is 12.5. The Bertz CT molecular complexity index is 931. The van der Waals surface area contributed by atoms with Crippen LogP contribution in [0, 0.1) is 5.82 Å². The predicted octanol–water partition coefficient (Wildman–Crippen LogP) is 4.91. The molecule has 3 aromatic rings. The SMILES string of the molecule is CC(Sc1nnc(CC(C)c2ccccc2)o1)C(=O)NC(C)c1ccc(F)cc1. The summed E-state index contributed by atoms with van der Waals surface area (Å²) in [5, 5.41) is 11.1. The van der Waals surface area contributed by atoms with Crippen molar-refractivity contribution in [1.29, 1.82) is 0 Å². The molecule has 0 fully saturated rings. The lowest BCUT2D eigenvalue weighted by molar-refractivity contribution is -0.120. The zero-order valence-electron chi connectivity index (χ0n) is 16.6. The Balaban J connectivity index is 1.53. The maximum atomic E-state index is 13.0. The van der Waals surface area contributed by atoms with Crippen LogP contribution in [0.3, 0.4) is 0 Å². The first-order chi connectivity index (χ1) is 13.9. The van der Waals surface area contributed by atoms with E-state index in [1.165, 1.54) is 29.5 Å². The van der Waals surface area contributed by atoms with Gasteiger partial charge >= 0.3 is 0 Å². The van der Waals surface area contributed by atoms with E-state index in [1.54, 1.807) is 19.1 Å². The fourth-order valence-corrected chi connectivity index (χ4v) is 3.61. The molecule has 0 aliphatic heterocycles. The number of thioether (sulfide) groups is 1. The lowest BCUT2D eigenvalue weighted by Crippen LogP contribution is -2.33. The molecule has 0 radical (unpaired) electrons. The summed E-state index contributed by atoms with van der Waals surface area (Å²) >= 11 is 1.22. The van der Waals surface area contributed by atoms with Crippen molar-refractivity contribution in [1.82, 2.24) is 15.5 Å². The Kier molecular flexibility index (Phi) is 7.04. The monoisotopic (exact) mass is 413 g/mol. The van der Waals surface area contributed by atoms with Gasteiger partial charge in [-0.05, 0) is 43.0 Å². The minimum Gasteiger partial charge on any atom is -0.416 e. The number of halogens is 1. The van der Waals surface area contributed by atoms with Crippen LogP contribution in [0.15, 0.2) is 64.2 Å². The molecule has 0 aliphatic carbocycles. The molecular formula is C22H24FN3O2S. The minimum absolute atomic E-state index is 0.149. The summed E-state index contributed by atoms with van der Waals surface area (Å²) in [7, 11) is 0. The second-order valence-corrected chi connectivity index (χ2v) is 8.31. The molecule has 1 N–H and O–H groups in total. The summed E-state index contributed by atoms with van der Waals surface area (Å²) in [5.41, 5.74) is 2.05. The largest absolute Gasteiger partial charge is 0.416 e. The average molecular weight is 414 g/mol. The molecule has 3 atom stereocenters. The van der Waals surface area contributed by atoms with Gasteiger partial charge in [-0.3, -0.25) is 4.79 Å². The van der Waals surface area contributed by atoms with E-state index in [2.05, 4.69) is 34.6 Å². The summed E-state index contributed by atoms with van der Waals surface area (Å²) in [6, 6.07) is 16.0. The third-order valence-electron chi connectivity index (χ3n) is 4.67. The quantitative estimate of drug-likeness (QED) is 0.531. The highest BCUT2D eigenvalue weighted by Gasteiger charge is 2.21. The molecule has 0 bridgehead atoms. The topological polar surface area (TPSA) is 68.0 Å². The minimum atomic E-state index is -0.405. The first-order valence-corrected chi connectivity index (χ1v) is 10.4. The van der Waals surface area contributed by atoms with E-state index in [0.29, 0.717) is 17.5 Å². The number of rotatable bonds is 8. The van der Waals surface area contributed by atoms with E-state index in [0.717, 1.165) is 5.56 Å².